The van der Waals surface area contributed by atoms with Crippen molar-refractivity contribution in [2.75, 3.05) is 45.8 Å². The zero-order valence-corrected chi connectivity index (χ0v) is 24.4. The van der Waals surface area contributed by atoms with Gasteiger partial charge in [-0.3, -0.25) is 4.79 Å². The van der Waals surface area contributed by atoms with Crippen LogP contribution in [0.15, 0.2) is 42.5 Å². The van der Waals surface area contributed by atoms with Crippen LogP contribution in [0.4, 0.5) is 4.39 Å². The standard InChI is InChI=1S/C33H45ClFN3O/c1-26-10-12-27(13-11-26)33(17-23-36-21-14-28(15-22-36)37-18-4-2-5-19-37)16-3-6-20-38(25-33)32(39)24-29-30(34)8-7-9-31(29)35/h7-13,28H,2-6,14-25H2,1H3/t33-/m1/s1. The highest BCUT2D eigenvalue weighted by atomic mass is 35.5. The van der Waals surface area contributed by atoms with Gasteiger partial charge in [-0.2, -0.15) is 0 Å². The summed E-state index contributed by atoms with van der Waals surface area (Å²) in [4.78, 5) is 21.0. The molecule has 0 spiro atoms. The number of amides is 1. The summed E-state index contributed by atoms with van der Waals surface area (Å²) < 4.78 is 14.5. The number of piperidine rings is 2. The second kappa shape index (κ2) is 13.1. The Balaban J connectivity index is 1.29. The predicted octanol–water partition coefficient (Wildman–Crippen LogP) is 6.62. The lowest BCUT2D eigenvalue weighted by Crippen LogP contribution is -2.48. The lowest BCUT2D eigenvalue weighted by Gasteiger charge is -2.42. The molecule has 1 amide bonds. The van der Waals surface area contributed by atoms with Crippen molar-refractivity contribution in [1.29, 1.82) is 0 Å². The molecule has 4 nitrogen and oxygen atoms in total. The molecule has 0 saturated carbocycles. The maximum absolute atomic E-state index is 14.5. The van der Waals surface area contributed by atoms with E-state index in [1.54, 1.807) is 12.1 Å². The summed E-state index contributed by atoms with van der Waals surface area (Å²) in [6.45, 7) is 9.49. The second-order valence-electron chi connectivity index (χ2n) is 12.2. The van der Waals surface area contributed by atoms with Gasteiger partial charge in [0.25, 0.3) is 0 Å². The molecule has 3 heterocycles. The van der Waals surface area contributed by atoms with E-state index in [1.165, 1.54) is 75.5 Å². The molecular formula is C33H45ClFN3O. The first-order chi connectivity index (χ1) is 18.9. The van der Waals surface area contributed by atoms with Crippen molar-refractivity contribution >= 4 is 17.5 Å². The Labute approximate surface area is 239 Å². The van der Waals surface area contributed by atoms with Crippen molar-refractivity contribution in [2.24, 2.45) is 0 Å². The molecule has 5 rings (SSSR count). The van der Waals surface area contributed by atoms with Crippen molar-refractivity contribution in [2.45, 2.75) is 82.6 Å². The van der Waals surface area contributed by atoms with Crippen molar-refractivity contribution in [3.8, 4) is 0 Å². The lowest BCUT2D eigenvalue weighted by atomic mass is 9.73. The summed E-state index contributed by atoms with van der Waals surface area (Å²) in [6, 6.07) is 14.4. The van der Waals surface area contributed by atoms with Gasteiger partial charge >= 0.3 is 0 Å². The van der Waals surface area contributed by atoms with Crippen molar-refractivity contribution < 1.29 is 9.18 Å². The molecule has 3 saturated heterocycles. The third-order valence-electron chi connectivity index (χ3n) is 9.60. The van der Waals surface area contributed by atoms with E-state index >= 15 is 0 Å². The van der Waals surface area contributed by atoms with Crippen LogP contribution in [0, 0.1) is 12.7 Å². The highest BCUT2D eigenvalue weighted by molar-refractivity contribution is 6.31. The lowest BCUT2D eigenvalue weighted by molar-refractivity contribution is -0.131. The van der Waals surface area contributed by atoms with E-state index in [9.17, 15) is 9.18 Å². The van der Waals surface area contributed by atoms with E-state index in [-0.39, 0.29) is 17.7 Å². The molecule has 2 aromatic carbocycles. The number of carbonyl (C=O) groups is 1. The molecular weight excluding hydrogens is 509 g/mol. The third-order valence-corrected chi connectivity index (χ3v) is 9.96. The number of halogens is 2. The van der Waals surface area contributed by atoms with Crippen LogP contribution < -0.4 is 0 Å². The van der Waals surface area contributed by atoms with E-state index in [1.807, 2.05) is 4.90 Å². The first kappa shape index (κ1) is 28.6. The molecule has 0 aliphatic carbocycles. The number of hydrogen-bond acceptors (Lipinski definition) is 3. The quantitative estimate of drug-likeness (QED) is 0.385. The van der Waals surface area contributed by atoms with Crippen LogP contribution in [-0.2, 0) is 16.6 Å². The highest BCUT2D eigenvalue weighted by Crippen LogP contribution is 2.38. The zero-order valence-electron chi connectivity index (χ0n) is 23.6. The Morgan fingerprint density at radius 3 is 2.38 bits per heavy atom. The smallest absolute Gasteiger partial charge is 0.227 e. The SMILES string of the molecule is Cc1ccc([C@@]2(CCN3CCC(N4CCCCC4)CC3)CCCCN(C(=O)Cc3c(F)cccc3Cl)C2)cc1. The maximum Gasteiger partial charge on any atom is 0.227 e. The normalized spacial score (nSPS) is 24.0. The number of aryl methyl sites for hydroxylation is 1. The monoisotopic (exact) mass is 553 g/mol. The average molecular weight is 554 g/mol. The average Bonchev–Trinajstić information content (AvgIpc) is 3.19. The number of carbonyl (C=O) groups excluding carboxylic acids is 1. The second-order valence-corrected chi connectivity index (χ2v) is 12.6. The fourth-order valence-electron chi connectivity index (χ4n) is 7.12. The Hall–Kier alpha value is -1.95. The van der Waals surface area contributed by atoms with Gasteiger partial charge in [0.1, 0.15) is 5.82 Å². The van der Waals surface area contributed by atoms with Crippen LogP contribution >= 0.6 is 11.6 Å². The summed E-state index contributed by atoms with van der Waals surface area (Å²) in [5.41, 5.74) is 2.80. The van der Waals surface area contributed by atoms with E-state index in [4.69, 9.17) is 11.6 Å². The number of benzene rings is 2. The molecule has 3 fully saturated rings. The van der Waals surface area contributed by atoms with Crippen LogP contribution in [0.3, 0.4) is 0 Å². The van der Waals surface area contributed by atoms with Crippen LogP contribution in [0.2, 0.25) is 5.02 Å². The minimum atomic E-state index is -0.400. The molecule has 1 atom stereocenters. The molecule has 3 aliphatic heterocycles. The topological polar surface area (TPSA) is 26.8 Å². The molecule has 3 aliphatic rings. The summed E-state index contributed by atoms with van der Waals surface area (Å²) in [6.07, 6.45) is 10.8. The van der Waals surface area contributed by atoms with Crippen LogP contribution in [0.25, 0.3) is 0 Å². The van der Waals surface area contributed by atoms with Gasteiger partial charge in [0.2, 0.25) is 5.91 Å². The highest BCUT2D eigenvalue weighted by Gasteiger charge is 2.38. The number of hydrogen-bond donors (Lipinski definition) is 0. The summed E-state index contributed by atoms with van der Waals surface area (Å²) in [5, 5.41) is 0.330. The molecule has 6 heteroatoms. The van der Waals surface area contributed by atoms with Gasteiger partial charge in [-0.1, -0.05) is 60.3 Å². The van der Waals surface area contributed by atoms with E-state index in [2.05, 4.69) is 41.0 Å². The van der Waals surface area contributed by atoms with E-state index < -0.39 is 5.82 Å². The maximum atomic E-state index is 14.5. The van der Waals surface area contributed by atoms with Crippen molar-refractivity contribution in [3.05, 3.63) is 70.0 Å². The van der Waals surface area contributed by atoms with Gasteiger partial charge in [-0.25, -0.2) is 4.39 Å². The first-order valence-corrected chi connectivity index (χ1v) is 15.6. The Morgan fingerprint density at radius 2 is 1.67 bits per heavy atom. The van der Waals surface area contributed by atoms with Gasteiger partial charge in [0.15, 0.2) is 0 Å². The fraction of sp³-hybridized carbons (Fsp3) is 0.606. The molecule has 2 aromatic rings. The predicted molar refractivity (Wildman–Crippen MR) is 158 cm³/mol. The fourth-order valence-corrected chi connectivity index (χ4v) is 7.35. The van der Waals surface area contributed by atoms with E-state index in [0.29, 0.717) is 17.1 Å². The molecule has 0 radical (unpaired) electrons. The van der Waals surface area contributed by atoms with Crippen LogP contribution in [0.1, 0.15) is 74.5 Å². The number of nitrogens with zero attached hydrogens (tertiary/aromatic N) is 3. The molecule has 212 valence electrons. The molecule has 0 aromatic heterocycles. The summed E-state index contributed by atoms with van der Waals surface area (Å²) in [5.74, 6) is -0.425. The van der Waals surface area contributed by atoms with Crippen molar-refractivity contribution in [1.82, 2.24) is 14.7 Å². The van der Waals surface area contributed by atoms with Gasteiger partial charge in [-0.15, -0.1) is 0 Å². The van der Waals surface area contributed by atoms with E-state index in [0.717, 1.165) is 44.8 Å². The summed E-state index contributed by atoms with van der Waals surface area (Å²) in [7, 11) is 0. The largest absolute Gasteiger partial charge is 0.342 e. The summed E-state index contributed by atoms with van der Waals surface area (Å²) >= 11 is 6.29. The third kappa shape index (κ3) is 7.04. The Kier molecular flexibility index (Phi) is 9.63. The van der Waals surface area contributed by atoms with Gasteiger partial charge in [-0.05, 0) is 102 Å². The van der Waals surface area contributed by atoms with Gasteiger partial charge < -0.3 is 14.7 Å². The van der Waals surface area contributed by atoms with Crippen molar-refractivity contribution in [3.63, 3.8) is 0 Å². The minimum absolute atomic E-state index is 0.0134. The molecule has 0 unspecified atom stereocenters. The van der Waals surface area contributed by atoms with Gasteiger partial charge in [0, 0.05) is 35.1 Å². The molecule has 0 N–H and O–H groups in total. The molecule has 0 bridgehead atoms. The number of likely N-dealkylation sites (tertiary alicyclic amines) is 3. The Morgan fingerprint density at radius 1 is 0.949 bits per heavy atom. The zero-order chi connectivity index (χ0) is 27.2. The molecule has 39 heavy (non-hydrogen) atoms. The minimum Gasteiger partial charge on any atom is -0.342 e. The first-order valence-electron chi connectivity index (χ1n) is 15.2. The number of rotatable bonds is 7. The van der Waals surface area contributed by atoms with Crippen LogP contribution in [-0.4, -0.2) is 72.5 Å². The Bertz CT molecular complexity index is 1070. The van der Waals surface area contributed by atoms with Crippen LogP contribution in [0.5, 0.6) is 0 Å². The van der Waals surface area contributed by atoms with Gasteiger partial charge in [0.05, 0.1) is 6.42 Å².